The molecule has 0 amide bonds. The molecule has 9 heteroatoms. The van der Waals surface area contributed by atoms with E-state index in [-0.39, 0.29) is 53.0 Å². The molecule has 0 aromatic heterocycles. The number of carbonyl (C=O) groups excluding carboxylic acids is 2. The van der Waals surface area contributed by atoms with E-state index in [1.165, 1.54) is 0 Å². The molecule has 82 valence electrons. The van der Waals surface area contributed by atoms with Crippen LogP contribution in [0.15, 0.2) is 0 Å². The summed E-state index contributed by atoms with van der Waals surface area (Å²) in [4.78, 5) is 17.8. The molecular weight excluding hydrogens is 414 g/mol. The number of rotatable bonds is 0. The standard InChI is InChI=1S/2C2H4O2.4H2O.U/c2*1-2(3)4;;;;;/h2*1H3,(H,3,4);4*1H2;/q;;;;;;+2/p-2. The minimum absolute atomic E-state index is 0. The molecule has 13 heavy (non-hydrogen) atoms. The minimum Gasteiger partial charge on any atom is -0.550 e. The van der Waals surface area contributed by atoms with Crippen molar-refractivity contribution in [2.24, 2.45) is 0 Å². The zero-order chi connectivity index (χ0) is 7.15. The van der Waals surface area contributed by atoms with Crippen LogP contribution in [-0.4, -0.2) is 33.8 Å². The molecule has 0 unspecified atom stereocenters. The molecule has 0 spiro atoms. The van der Waals surface area contributed by atoms with Crippen LogP contribution >= 0.6 is 0 Å². The van der Waals surface area contributed by atoms with E-state index in [4.69, 9.17) is 19.8 Å². The first kappa shape index (κ1) is 52.8. The van der Waals surface area contributed by atoms with Crippen LogP contribution in [0.1, 0.15) is 13.8 Å². The summed E-state index contributed by atoms with van der Waals surface area (Å²) in [7, 11) is 0. The van der Waals surface area contributed by atoms with Gasteiger partial charge in [-0.1, -0.05) is 0 Å². The second-order valence-corrected chi connectivity index (χ2v) is 0.983. The number of carbonyl (C=O) groups is 2. The van der Waals surface area contributed by atoms with Crippen LogP contribution in [0.4, 0.5) is 0 Å². The number of carboxylic acids is 2. The second kappa shape index (κ2) is 40.8. The van der Waals surface area contributed by atoms with Crippen molar-refractivity contribution in [1.82, 2.24) is 0 Å². The molecule has 0 aliphatic carbocycles. The van der Waals surface area contributed by atoms with E-state index in [0.29, 0.717) is 0 Å². The van der Waals surface area contributed by atoms with Gasteiger partial charge >= 0.3 is 31.1 Å². The van der Waals surface area contributed by atoms with Crippen molar-refractivity contribution in [2.45, 2.75) is 13.8 Å². The first-order chi connectivity index (χ1) is 3.46. The molecule has 8 nitrogen and oxygen atoms in total. The van der Waals surface area contributed by atoms with Gasteiger partial charge in [0, 0.05) is 11.9 Å². The number of carboxylic acid groups (broad SMARTS) is 2. The molecule has 0 heterocycles. The molecule has 0 aromatic carbocycles. The van der Waals surface area contributed by atoms with E-state index >= 15 is 0 Å². The van der Waals surface area contributed by atoms with Crippen LogP contribution in [0.25, 0.3) is 0 Å². The molecule has 0 saturated heterocycles. The van der Waals surface area contributed by atoms with Crippen LogP contribution in [0.5, 0.6) is 0 Å². The van der Waals surface area contributed by atoms with Gasteiger partial charge in [0.25, 0.3) is 0 Å². The summed E-state index contributed by atoms with van der Waals surface area (Å²) < 4.78 is 0. The largest absolute Gasteiger partial charge is 2.00 e. The summed E-state index contributed by atoms with van der Waals surface area (Å²) in [5.74, 6) is -2.17. The molecule has 0 saturated carbocycles. The van der Waals surface area contributed by atoms with E-state index in [2.05, 4.69) is 0 Å². The Bertz CT molecular complexity index is 74.1. The maximum absolute atomic E-state index is 8.89. The molecule has 0 aliphatic rings. The van der Waals surface area contributed by atoms with Crippen molar-refractivity contribution >= 4 is 11.9 Å². The fraction of sp³-hybridized carbons (Fsp3) is 0.500. The van der Waals surface area contributed by atoms with Gasteiger partial charge in [-0.2, -0.15) is 0 Å². The van der Waals surface area contributed by atoms with Crippen LogP contribution in [0, 0.1) is 31.1 Å². The molecule has 0 bridgehead atoms. The third kappa shape index (κ3) is 40500. The zero-order valence-corrected chi connectivity index (χ0v) is 11.3. The van der Waals surface area contributed by atoms with Crippen molar-refractivity contribution in [1.29, 1.82) is 0 Å². The SMILES string of the molecule is CC(=O)[O-].CC(=O)[O-].O.O.O.O.[U+2]. The van der Waals surface area contributed by atoms with Gasteiger partial charge in [-0.05, 0) is 13.8 Å². The monoisotopic (exact) mass is 428 g/mol. The van der Waals surface area contributed by atoms with Crippen molar-refractivity contribution in [3.63, 3.8) is 0 Å². The molecule has 0 atom stereocenters. The normalized spacial score (nSPS) is 3.85. The van der Waals surface area contributed by atoms with Gasteiger partial charge in [-0.3, -0.25) is 0 Å². The summed E-state index contributed by atoms with van der Waals surface area (Å²) in [6, 6.07) is 0. The topological polar surface area (TPSA) is 206 Å². The predicted octanol–water partition coefficient (Wildman–Crippen LogP) is -5.79. The maximum Gasteiger partial charge on any atom is 2.00 e. The third-order valence-corrected chi connectivity index (χ3v) is 0. The molecule has 0 radical (unpaired) electrons. The second-order valence-electron chi connectivity index (χ2n) is 0.983. The minimum atomic E-state index is -1.08. The van der Waals surface area contributed by atoms with Gasteiger partial charge in [-0.25, -0.2) is 0 Å². The van der Waals surface area contributed by atoms with Gasteiger partial charge in [0.2, 0.25) is 0 Å². The molecule has 0 fully saturated rings. The fourth-order valence-electron chi connectivity index (χ4n) is 0. The van der Waals surface area contributed by atoms with Gasteiger partial charge < -0.3 is 41.7 Å². The summed E-state index contributed by atoms with van der Waals surface area (Å²) >= 11 is 0. The molecular formula is C4H14O8U. The molecule has 0 aliphatic heterocycles. The Morgan fingerprint density at radius 1 is 0.769 bits per heavy atom. The Balaban J connectivity index is -0.00000000800. The smallest absolute Gasteiger partial charge is 0.550 e. The van der Waals surface area contributed by atoms with Crippen molar-refractivity contribution in [3.05, 3.63) is 0 Å². The van der Waals surface area contributed by atoms with Crippen molar-refractivity contribution in [3.8, 4) is 0 Å². The van der Waals surface area contributed by atoms with Gasteiger partial charge in [0.15, 0.2) is 0 Å². The van der Waals surface area contributed by atoms with Crippen molar-refractivity contribution in [2.75, 3.05) is 0 Å². The van der Waals surface area contributed by atoms with Crippen LogP contribution in [0.2, 0.25) is 0 Å². The molecule has 8 N–H and O–H groups in total. The zero-order valence-electron chi connectivity index (χ0n) is 7.13. The average molecular weight is 428 g/mol. The van der Waals surface area contributed by atoms with Gasteiger partial charge in [0.05, 0.1) is 0 Å². The van der Waals surface area contributed by atoms with E-state index in [1.807, 2.05) is 0 Å². The average Bonchev–Trinajstić information content (AvgIpc) is 1.25. The summed E-state index contributed by atoms with van der Waals surface area (Å²) in [5.41, 5.74) is 0. The van der Waals surface area contributed by atoms with Gasteiger partial charge in [-0.15, -0.1) is 0 Å². The number of hydrogen-bond acceptors (Lipinski definition) is 4. The summed E-state index contributed by atoms with van der Waals surface area (Å²) in [5, 5.41) is 17.8. The summed E-state index contributed by atoms with van der Waals surface area (Å²) in [6.45, 7) is 1.94. The Morgan fingerprint density at radius 2 is 0.769 bits per heavy atom. The van der Waals surface area contributed by atoms with Crippen molar-refractivity contribution < 1.29 is 72.8 Å². The van der Waals surface area contributed by atoms with Gasteiger partial charge in [0.1, 0.15) is 0 Å². The van der Waals surface area contributed by atoms with E-state index < -0.39 is 11.9 Å². The Hall–Kier alpha value is -0.168. The predicted molar refractivity (Wildman–Crippen MR) is 35.8 cm³/mol. The van der Waals surface area contributed by atoms with E-state index in [9.17, 15) is 0 Å². The Kier molecular flexibility index (Phi) is 166. The van der Waals surface area contributed by atoms with E-state index in [1.54, 1.807) is 0 Å². The Morgan fingerprint density at radius 3 is 0.769 bits per heavy atom. The van der Waals surface area contributed by atoms with Crippen LogP contribution in [-0.2, 0) is 9.59 Å². The van der Waals surface area contributed by atoms with Crippen LogP contribution in [0.3, 0.4) is 0 Å². The quantitative estimate of drug-likeness (QED) is 0.369. The summed E-state index contributed by atoms with van der Waals surface area (Å²) in [6.07, 6.45) is 0. The number of aliphatic carboxylic acids is 2. The number of hydrogen-bond donors (Lipinski definition) is 0. The fourth-order valence-corrected chi connectivity index (χ4v) is 0. The van der Waals surface area contributed by atoms with E-state index in [0.717, 1.165) is 13.8 Å². The third-order valence-electron chi connectivity index (χ3n) is 0. The van der Waals surface area contributed by atoms with Crippen LogP contribution < -0.4 is 10.2 Å². The molecule has 0 rings (SSSR count). The maximum atomic E-state index is 8.89. The Labute approximate surface area is 98.6 Å². The first-order valence-corrected chi connectivity index (χ1v) is 1.82. The molecule has 0 aromatic rings. The first-order valence-electron chi connectivity index (χ1n) is 1.82.